The summed E-state index contributed by atoms with van der Waals surface area (Å²) in [5.74, 6) is -1.17. The van der Waals surface area contributed by atoms with Gasteiger partial charge in [0.2, 0.25) is 11.6 Å². The highest BCUT2D eigenvalue weighted by atomic mass is 19.4. The lowest BCUT2D eigenvalue weighted by Gasteiger charge is -2.32. The van der Waals surface area contributed by atoms with Crippen molar-refractivity contribution >= 4 is 17.3 Å². The van der Waals surface area contributed by atoms with Gasteiger partial charge in [0.05, 0.1) is 23.4 Å². The molecule has 1 fully saturated rings. The lowest BCUT2D eigenvalue weighted by Crippen LogP contribution is -2.40. The molecule has 1 aliphatic rings. The average Bonchev–Trinajstić information content (AvgIpc) is 3.32. The van der Waals surface area contributed by atoms with Crippen LogP contribution in [0.3, 0.4) is 0 Å². The molecule has 4 aromatic rings. The van der Waals surface area contributed by atoms with Crippen molar-refractivity contribution in [1.29, 1.82) is 0 Å². The minimum absolute atomic E-state index is 0.0728. The number of anilines is 1. The van der Waals surface area contributed by atoms with Crippen molar-refractivity contribution in [1.82, 2.24) is 14.4 Å². The molecule has 0 bridgehead atoms. The van der Waals surface area contributed by atoms with Crippen molar-refractivity contribution in [3.05, 3.63) is 71.6 Å². The first-order valence-electron chi connectivity index (χ1n) is 11.1. The summed E-state index contributed by atoms with van der Waals surface area (Å²) >= 11 is 0. The van der Waals surface area contributed by atoms with Crippen molar-refractivity contribution in [2.24, 2.45) is 5.73 Å². The number of benzene rings is 2. The third kappa shape index (κ3) is 4.09. The molecule has 0 saturated carbocycles. The number of rotatable bonds is 3. The smallest absolute Gasteiger partial charge is 0.419 e. The minimum atomic E-state index is -4.73. The number of aromatic hydroxyl groups is 1. The Kier molecular flexibility index (Phi) is 5.76. The van der Waals surface area contributed by atoms with Crippen LogP contribution in [-0.2, 0) is 6.18 Å². The second-order valence-electron chi connectivity index (χ2n) is 8.59. The van der Waals surface area contributed by atoms with E-state index in [2.05, 4.69) is 9.83 Å². The Balaban J connectivity index is 1.77. The Morgan fingerprint density at radius 3 is 2.44 bits per heavy atom. The molecule has 0 spiro atoms. The summed E-state index contributed by atoms with van der Waals surface area (Å²) in [5.41, 5.74) is 6.20. The molecule has 0 unspecified atom stereocenters. The summed E-state index contributed by atoms with van der Waals surface area (Å²) in [6.45, 7) is 8.38. The minimum Gasteiger partial charge on any atom is -0.507 e. The number of piperidine rings is 1. The molecule has 2 aromatic heterocycles. The normalized spacial score (nSPS) is 14.8. The van der Waals surface area contributed by atoms with Gasteiger partial charge in [-0.3, -0.25) is 4.40 Å². The number of phenolic OH excluding ortho intramolecular Hbond substituents is 1. The number of halogens is 4. The molecule has 0 radical (unpaired) electrons. The molecule has 3 heterocycles. The fourth-order valence-corrected chi connectivity index (χ4v) is 4.43. The lowest BCUT2D eigenvalue weighted by atomic mass is 9.98. The number of aromatic nitrogens is 3. The standard InChI is InChI=1S/C25H20F4N6O/c1-31-19-5-3-15(12-18(19)26)22-21(14-2-4-17(20(36)13-14)25(27,28)29)23-32-8-11-35(23)24(33-22)34-9-6-16(30)7-10-34/h2-5,8,11-13,16,36H,6-7,9-10,30H2. The van der Waals surface area contributed by atoms with Crippen molar-refractivity contribution < 1.29 is 22.7 Å². The fraction of sp³-hybridized carbons (Fsp3) is 0.240. The van der Waals surface area contributed by atoms with Gasteiger partial charge in [-0.1, -0.05) is 18.2 Å². The topological polar surface area (TPSA) is 84.0 Å². The van der Waals surface area contributed by atoms with E-state index in [0.29, 0.717) is 35.8 Å². The number of phenols is 1. The highest BCUT2D eigenvalue weighted by Gasteiger charge is 2.34. The summed E-state index contributed by atoms with van der Waals surface area (Å²) in [7, 11) is 0. The van der Waals surface area contributed by atoms with Crippen LogP contribution >= 0.6 is 0 Å². The first-order chi connectivity index (χ1) is 17.2. The molecule has 5 rings (SSSR count). The number of nitrogens with zero attached hydrogens (tertiary/aromatic N) is 5. The van der Waals surface area contributed by atoms with Crippen molar-refractivity contribution in [3.8, 4) is 28.1 Å². The molecule has 3 N–H and O–H groups in total. The SMILES string of the molecule is [C-]#[N+]c1ccc(-c2nc(N3CCC(N)CC3)n3ccnc3c2-c2ccc(C(F)(F)F)c(O)c2)cc1F. The van der Waals surface area contributed by atoms with Gasteiger partial charge < -0.3 is 15.7 Å². The van der Waals surface area contributed by atoms with Gasteiger partial charge in [0, 0.05) is 37.1 Å². The van der Waals surface area contributed by atoms with Crippen LogP contribution in [0.15, 0.2) is 48.8 Å². The summed E-state index contributed by atoms with van der Waals surface area (Å²) in [5, 5.41) is 10.2. The highest BCUT2D eigenvalue weighted by molar-refractivity contribution is 5.91. The van der Waals surface area contributed by atoms with Gasteiger partial charge in [-0.2, -0.15) is 13.2 Å². The van der Waals surface area contributed by atoms with Gasteiger partial charge in [-0.25, -0.2) is 19.2 Å². The van der Waals surface area contributed by atoms with E-state index in [-0.39, 0.29) is 23.0 Å². The van der Waals surface area contributed by atoms with Crippen LogP contribution in [0.1, 0.15) is 18.4 Å². The summed E-state index contributed by atoms with van der Waals surface area (Å²) < 4.78 is 56.1. The van der Waals surface area contributed by atoms with Crippen molar-refractivity contribution in [2.75, 3.05) is 18.0 Å². The van der Waals surface area contributed by atoms with Crippen molar-refractivity contribution in [2.45, 2.75) is 25.1 Å². The highest BCUT2D eigenvalue weighted by Crippen LogP contribution is 2.42. The number of nitrogens with two attached hydrogens (primary N) is 1. The van der Waals surface area contributed by atoms with Gasteiger partial charge in [0.15, 0.2) is 0 Å². The van der Waals surface area contributed by atoms with Gasteiger partial charge in [0.1, 0.15) is 17.2 Å². The maximum atomic E-state index is 14.6. The summed E-state index contributed by atoms with van der Waals surface area (Å²) in [4.78, 5) is 14.4. The zero-order valence-electron chi connectivity index (χ0n) is 18.8. The van der Waals surface area contributed by atoms with Crippen LogP contribution in [0.2, 0.25) is 0 Å². The van der Waals surface area contributed by atoms with Crippen LogP contribution in [0.25, 0.3) is 32.9 Å². The van der Waals surface area contributed by atoms with E-state index in [1.54, 1.807) is 10.6 Å². The summed E-state index contributed by atoms with van der Waals surface area (Å²) in [6.07, 6.45) is -0.0156. The van der Waals surface area contributed by atoms with Crippen molar-refractivity contribution in [3.63, 3.8) is 0 Å². The first-order valence-corrected chi connectivity index (χ1v) is 11.1. The first kappa shape index (κ1) is 23.6. The predicted molar refractivity (Wildman–Crippen MR) is 126 cm³/mol. The van der Waals surface area contributed by atoms with Gasteiger partial charge >= 0.3 is 6.18 Å². The fourth-order valence-electron chi connectivity index (χ4n) is 4.43. The van der Waals surface area contributed by atoms with E-state index in [0.717, 1.165) is 25.0 Å². The monoisotopic (exact) mass is 496 g/mol. The molecular weight excluding hydrogens is 476 g/mol. The molecular formula is C25H20F4N6O. The molecule has 1 aliphatic heterocycles. The average molecular weight is 496 g/mol. The molecule has 7 nitrogen and oxygen atoms in total. The van der Waals surface area contributed by atoms with Crippen LogP contribution in [0.4, 0.5) is 29.2 Å². The van der Waals surface area contributed by atoms with Gasteiger partial charge in [0.25, 0.3) is 0 Å². The number of fused-ring (bicyclic) bond motifs is 1. The maximum Gasteiger partial charge on any atom is 0.419 e. The number of hydrogen-bond acceptors (Lipinski definition) is 5. The Morgan fingerprint density at radius 1 is 1.08 bits per heavy atom. The van der Waals surface area contributed by atoms with Gasteiger partial charge in [-0.05, 0) is 36.6 Å². The zero-order valence-corrected chi connectivity index (χ0v) is 18.8. The van der Waals surface area contributed by atoms with E-state index in [1.165, 1.54) is 30.5 Å². The third-order valence-corrected chi connectivity index (χ3v) is 6.28. The molecule has 0 atom stereocenters. The Bertz CT molecular complexity index is 1500. The second kappa shape index (κ2) is 8.80. The van der Waals surface area contributed by atoms with E-state index in [9.17, 15) is 22.7 Å². The van der Waals surface area contributed by atoms with Gasteiger partial charge in [-0.15, -0.1) is 0 Å². The molecule has 184 valence electrons. The Morgan fingerprint density at radius 2 is 1.81 bits per heavy atom. The number of imidazole rings is 1. The molecule has 36 heavy (non-hydrogen) atoms. The Labute approximate surface area is 203 Å². The van der Waals surface area contributed by atoms with Crippen LogP contribution < -0.4 is 10.6 Å². The van der Waals surface area contributed by atoms with E-state index in [4.69, 9.17) is 17.3 Å². The molecule has 1 saturated heterocycles. The largest absolute Gasteiger partial charge is 0.507 e. The molecule has 0 aliphatic carbocycles. The second-order valence-corrected chi connectivity index (χ2v) is 8.59. The Hall–Kier alpha value is -4.17. The molecule has 2 aromatic carbocycles. The zero-order chi connectivity index (χ0) is 25.6. The third-order valence-electron chi connectivity index (χ3n) is 6.28. The number of alkyl halides is 3. The van der Waals surface area contributed by atoms with E-state index >= 15 is 0 Å². The van der Waals surface area contributed by atoms with Crippen LogP contribution in [-0.4, -0.2) is 38.6 Å². The molecule has 0 amide bonds. The quantitative estimate of drug-likeness (QED) is 0.293. The van der Waals surface area contributed by atoms with Crippen LogP contribution in [0.5, 0.6) is 5.75 Å². The van der Waals surface area contributed by atoms with Crippen LogP contribution in [0, 0.1) is 12.4 Å². The lowest BCUT2D eigenvalue weighted by molar-refractivity contribution is -0.138. The number of hydrogen-bond donors (Lipinski definition) is 2. The molecule has 11 heteroatoms. The van der Waals surface area contributed by atoms with E-state index in [1.807, 2.05) is 4.90 Å². The predicted octanol–water partition coefficient (Wildman–Crippen LogP) is 5.41. The maximum absolute atomic E-state index is 14.6. The van der Waals surface area contributed by atoms with E-state index < -0.39 is 23.3 Å². The summed E-state index contributed by atoms with van der Waals surface area (Å²) in [6, 6.07) is 7.10.